The fourth-order valence-corrected chi connectivity index (χ4v) is 2.68. The number of carbonyl (C=O) groups is 1. The summed E-state index contributed by atoms with van der Waals surface area (Å²) in [6, 6.07) is 13.9. The van der Waals surface area contributed by atoms with Gasteiger partial charge in [0.05, 0.1) is 14.2 Å². The third kappa shape index (κ3) is 5.50. The summed E-state index contributed by atoms with van der Waals surface area (Å²) in [6.07, 6.45) is 0.906. The van der Waals surface area contributed by atoms with Crippen LogP contribution in [0, 0.1) is 0 Å². The van der Waals surface area contributed by atoms with Crippen LogP contribution >= 0.6 is 0 Å². The zero-order valence-electron chi connectivity index (χ0n) is 15.3. The summed E-state index contributed by atoms with van der Waals surface area (Å²) in [7, 11) is 3.31. The quantitative estimate of drug-likeness (QED) is 0.770. The maximum absolute atomic E-state index is 11.0. The lowest BCUT2D eigenvalue weighted by Crippen LogP contribution is -2.21. The van der Waals surface area contributed by atoms with Crippen molar-refractivity contribution in [2.24, 2.45) is 0 Å². The Labute approximate surface area is 149 Å². The van der Waals surface area contributed by atoms with Crippen LogP contribution in [0.25, 0.3) is 0 Å². The van der Waals surface area contributed by atoms with E-state index in [-0.39, 0.29) is 11.9 Å². The molecule has 1 atom stereocenters. The van der Waals surface area contributed by atoms with Crippen molar-refractivity contribution in [2.45, 2.75) is 26.3 Å². The number of hydrogen-bond acceptors (Lipinski definition) is 4. The lowest BCUT2D eigenvalue weighted by Gasteiger charge is -2.18. The summed E-state index contributed by atoms with van der Waals surface area (Å²) in [5.74, 6) is 1.54. The molecule has 2 aromatic rings. The summed E-state index contributed by atoms with van der Waals surface area (Å²) >= 11 is 0. The maximum atomic E-state index is 11.0. The molecule has 134 valence electrons. The van der Waals surface area contributed by atoms with Gasteiger partial charge in [0.1, 0.15) is 11.5 Å². The number of anilines is 1. The van der Waals surface area contributed by atoms with Crippen molar-refractivity contribution < 1.29 is 14.3 Å². The molecule has 0 radical (unpaired) electrons. The Morgan fingerprint density at radius 3 is 2.40 bits per heavy atom. The third-order valence-corrected chi connectivity index (χ3v) is 4.05. The molecular formula is C20H26N2O3. The van der Waals surface area contributed by atoms with Crippen molar-refractivity contribution in [3.05, 3.63) is 53.6 Å². The van der Waals surface area contributed by atoms with Crippen LogP contribution in [0.1, 0.15) is 31.0 Å². The molecule has 0 aliphatic carbocycles. The number of carbonyl (C=O) groups excluding carboxylic acids is 1. The average Bonchev–Trinajstić information content (AvgIpc) is 2.62. The van der Waals surface area contributed by atoms with Crippen molar-refractivity contribution in [2.75, 3.05) is 26.1 Å². The van der Waals surface area contributed by atoms with Crippen LogP contribution in [0.5, 0.6) is 11.5 Å². The fraction of sp³-hybridized carbons (Fsp3) is 0.350. The largest absolute Gasteiger partial charge is 0.497 e. The molecule has 0 aromatic heterocycles. The Kier molecular flexibility index (Phi) is 6.83. The summed E-state index contributed by atoms with van der Waals surface area (Å²) < 4.78 is 10.7. The standard InChI is InChI=1S/C20H26N2O3/c1-14(19-10-9-18(24-3)13-20(19)25-4)21-12-11-16-5-7-17(8-6-16)22-15(2)23/h5-10,13-14,21H,11-12H2,1-4H3,(H,22,23)/t14-/m0/s1. The SMILES string of the molecule is COc1ccc([C@H](C)NCCc2ccc(NC(C)=O)cc2)c(OC)c1. The Hall–Kier alpha value is -2.53. The van der Waals surface area contributed by atoms with Crippen molar-refractivity contribution in [1.29, 1.82) is 0 Å². The number of benzene rings is 2. The molecule has 2 aromatic carbocycles. The van der Waals surface area contributed by atoms with E-state index in [0.29, 0.717) is 0 Å². The minimum atomic E-state index is -0.0586. The Bertz CT molecular complexity index is 699. The molecule has 0 aliphatic heterocycles. The van der Waals surface area contributed by atoms with Gasteiger partial charge >= 0.3 is 0 Å². The first-order valence-corrected chi connectivity index (χ1v) is 8.35. The van der Waals surface area contributed by atoms with Gasteiger partial charge in [-0.1, -0.05) is 18.2 Å². The molecule has 0 saturated carbocycles. The molecule has 0 heterocycles. The molecule has 5 heteroatoms. The smallest absolute Gasteiger partial charge is 0.221 e. The highest BCUT2D eigenvalue weighted by atomic mass is 16.5. The molecule has 0 saturated heterocycles. The predicted molar refractivity (Wildman–Crippen MR) is 100 cm³/mol. The minimum Gasteiger partial charge on any atom is -0.497 e. The first-order chi connectivity index (χ1) is 12.0. The lowest BCUT2D eigenvalue weighted by molar-refractivity contribution is -0.114. The van der Waals surface area contributed by atoms with Crippen molar-refractivity contribution in [3.63, 3.8) is 0 Å². The van der Waals surface area contributed by atoms with Crippen molar-refractivity contribution in [3.8, 4) is 11.5 Å². The van der Waals surface area contributed by atoms with Gasteiger partial charge in [0.15, 0.2) is 0 Å². The molecule has 25 heavy (non-hydrogen) atoms. The van der Waals surface area contributed by atoms with Crippen molar-refractivity contribution >= 4 is 11.6 Å². The van der Waals surface area contributed by atoms with Gasteiger partial charge in [-0.05, 0) is 43.7 Å². The number of hydrogen-bond donors (Lipinski definition) is 2. The van der Waals surface area contributed by atoms with E-state index in [2.05, 4.69) is 17.6 Å². The second-order valence-electron chi connectivity index (χ2n) is 5.91. The first-order valence-electron chi connectivity index (χ1n) is 8.35. The van der Waals surface area contributed by atoms with Crippen molar-refractivity contribution in [1.82, 2.24) is 5.32 Å². The molecule has 0 spiro atoms. The Morgan fingerprint density at radius 1 is 1.08 bits per heavy atom. The normalized spacial score (nSPS) is 11.7. The van der Waals surface area contributed by atoms with E-state index in [4.69, 9.17) is 9.47 Å². The number of nitrogens with one attached hydrogen (secondary N) is 2. The second kappa shape index (κ2) is 9.08. The molecule has 2 rings (SSSR count). The highest BCUT2D eigenvalue weighted by Gasteiger charge is 2.12. The molecule has 0 bridgehead atoms. The van der Waals surface area contributed by atoms with Crippen LogP contribution in [0.4, 0.5) is 5.69 Å². The molecule has 0 aliphatic rings. The van der Waals surface area contributed by atoms with E-state index >= 15 is 0 Å². The molecule has 0 unspecified atom stereocenters. The molecular weight excluding hydrogens is 316 g/mol. The third-order valence-electron chi connectivity index (χ3n) is 4.05. The number of amides is 1. The highest BCUT2D eigenvalue weighted by Crippen LogP contribution is 2.29. The first kappa shape index (κ1) is 18.8. The monoisotopic (exact) mass is 342 g/mol. The van der Waals surface area contributed by atoms with Gasteiger partial charge in [-0.15, -0.1) is 0 Å². The van der Waals surface area contributed by atoms with E-state index in [9.17, 15) is 4.79 Å². The van der Waals surface area contributed by atoms with E-state index in [1.807, 2.05) is 42.5 Å². The number of rotatable bonds is 8. The van der Waals surface area contributed by atoms with Crippen LogP contribution in [0.3, 0.4) is 0 Å². The topological polar surface area (TPSA) is 59.6 Å². The van der Waals surface area contributed by atoms with Crippen LogP contribution < -0.4 is 20.1 Å². The Balaban J connectivity index is 1.90. The fourth-order valence-electron chi connectivity index (χ4n) is 2.68. The van der Waals surface area contributed by atoms with Gasteiger partial charge in [0.2, 0.25) is 5.91 Å². The predicted octanol–water partition coefficient (Wildman–Crippen LogP) is 3.56. The molecule has 1 amide bonds. The van der Waals surface area contributed by atoms with Gasteiger partial charge < -0.3 is 20.1 Å². The van der Waals surface area contributed by atoms with Crippen LogP contribution in [0.15, 0.2) is 42.5 Å². The zero-order valence-corrected chi connectivity index (χ0v) is 15.3. The second-order valence-corrected chi connectivity index (χ2v) is 5.91. The summed E-state index contributed by atoms with van der Waals surface area (Å²) in [5.41, 5.74) is 3.14. The summed E-state index contributed by atoms with van der Waals surface area (Å²) in [4.78, 5) is 11.0. The minimum absolute atomic E-state index is 0.0586. The summed E-state index contributed by atoms with van der Waals surface area (Å²) in [5, 5.41) is 6.29. The number of ether oxygens (including phenoxy) is 2. The van der Waals surface area contributed by atoms with E-state index < -0.39 is 0 Å². The average molecular weight is 342 g/mol. The van der Waals surface area contributed by atoms with Gasteiger partial charge in [-0.25, -0.2) is 0 Å². The number of methoxy groups -OCH3 is 2. The van der Waals surface area contributed by atoms with Gasteiger partial charge in [0.25, 0.3) is 0 Å². The van der Waals surface area contributed by atoms with Gasteiger partial charge in [-0.3, -0.25) is 4.79 Å². The molecule has 5 nitrogen and oxygen atoms in total. The Morgan fingerprint density at radius 2 is 1.80 bits per heavy atom. The highest BCUT2D eigenvalue weighted by molar-refractivity contribution is 5.88. The lowest BCUT2D eigenvalue weighted by atomic mass is 10.1. The maximum Gasteiger partial charge on any atom is 0.221 e. The summed E-state index contributed by atoms with van der Waals surface area (Å²) in [6.45, 7) is 4.46. The zero-order chi connectivity index (χ0) is 18.2. The van der Waals surface area contributed by atoms with E-state index in [1.54, 1.807) is 14.2 Å². The van der Waals surface area contributed by atoms with E-state index in [0.717, 1.165) is 35.7 Å². The van der Waals surface area contributed by atoms with E-state index in [1.165, 1.54) is 12.5 Å². The van der Waals surface area contributed by atoms with Gasteiger partial charge in [-0.2, -0.15) is 0 Å². The van der Waals surface area contributed by atoms with Crippen LogP contribution in [0.2, 0.25) is 0 Å². The van der Waals surface area contributed by atoms with Gasteiger partial charge in [0, 0.05) is 30.3 Å². The molecule has 2 N–H and O–H groups in total. The van der Waals surface area contributed by atoms with Crippen LogP contribution in [-0.4, -0.2) is 26.7 Å². The van der Waals surface area contributed by atoms with Crippen LogP contribution in [-0.2, 0) is 11.2 Å². The molecule has 0 fully saturated rings.